The molecular formula is C15H20FNO2. The highest BCUT2D eigenvalue weighted by Gasteiger charge is 2.49. The number of Topliss-reactive ketones (excluding diaryl/α,β-unsaturated/α-hetero) is 1. The molecule has 1 aromatic rings. The van der Waals surface area contributed by atoms with Gasteiger partial charge in [-0.25, -0.2) is 4.39 Å². The molecule has 1 fully saturated rings. The van der Waals surface area contributed by atoms with E-state index in [9.17, 15) is 9.18 Å². The van der Waals surface area contributed by atoms with Gasteiger partial charge in [0.05, 0.1) is 22.8 Å². The molecule has 1 unspecified atom stereocenters. The molecule has 1 saturated heterocycles. The van der Waals surface area contributed by atoms with Gasteiger partial charge in [0.1, 0.15) is 5.82 Å². The van der Waals surface area contributed by atoms with Crippen LogP contribution in [0.25, 0.3) is 0 Å². The maximum absolute atomic E-state index is 13.5. The zero-order valence-electron chi connectivity index (χ0n) is 11.8. The predicted molar refractivity (Wildman–Crippen MR) is 72.5 cm³/mol. The van der Waals surface area contributed by atoms with Crippen molar-refractivity contribution in [3.63, 3.8) is 0 Å². The van der Waals surface area contributed by atoms with Gasteiger partial charge in [0, 0.05) is 5.56 Å². The molecule has 0 radical (unpaired) electrons. The van der Waals surface area contributed by atoms with Gasteiger partial charge in [-0.2, -0.15) is 0 Å². The number of halogens is 1. The van der Waals surface area contributed by atoms with E-state index >= 15 is 0 Å². The predicted octanol–water partition coefficient (Wildman–Crippen LogP) is 3.18. The minimum atomic E-state index is -0.554. The maximum Gasteiger partial charge on any atom is 0.169 e. The van der Waals surface area contributed by atoms with Gasteiger partial charge >= 0.3 is 0 Å². The molecule has 19 heavy (non-hydrogen) atoms. The molecule has 0 saturated carbocycles. The SMILES string of the molecule is CC1(C)CC(C(=O)c2ccc(N)c(F)c2)C(C)(C)O1. The number of anilines is 1. The zero-order chi connectivity index (χ0) is 14.4. The van der Waals surface area contributed by atoms with Gasteiger partial charge < -0.3 is 10.5 Å². The molecule has 1 heterocycles. The van der Waals surface area contributed by atoms with Gasteiger partial charge in [0.15, 0.2) is 5.78 Å². The van der Waals surface area contributed by atoms with Crippen LogP contribution < -0.4 is 5.73 Å². The van der Waals surface area contributed by atoms with E-state index in [-0.39, 0.29) is 23.0 Å². The Morgan fingerprint density at radius 1 is 1.37 bits per heavy atom. The van der Waals surface area contributed by atoms with E-state index in [2.05, 4.69) is 0 Å². The lowest BCUT2D eigenvalue weighted by molar-refractivity contribution is -0.0712. The van der Waals surface area contributed by atoms with Crippen LogP contribution in [0.5, 0.6) is 0 Å². The number of hydrogen-bond acceptors (Lipinski definition) is 3. The fourth-order valence-corrected chi connectivity index (χ4v) is 2.85. The van der Waals surface area contributed by atoms with Crippen molar-refractivity contribution in [2.45, 2.75) is 45.3 Å². The van der Waals surface area contributed by atoms with Crippen molar-refractivity contribution >= 4 is 11.5 Å². The number of nitrogen functional groups attached to an aromatic ring is 1. The average molecular weight is 265 g/mol. The molecule has 104 valence electrons. The van der Waals surface area contributed by atoms with Gasteiger partial charge in [-0.15, -0.1) is 0 Å². The summed E-state index contributed by atoms with van der Waals surface area (Å²) < 4.78 is 19.4. The summed E-state index contributed by atoms with van der Waals surface area (Å²) in [4.78, 5) is 12.5. The molecule has 4 heteroatoms. The van der Waals surface area contributed by atoms with Crippen LogP contribution in [-0.2, 0) is 4.74 Å². The molecule has 1 aromatic carbocycles. The number of hydrogen-bond donors (Lipinski definition) is 1. The number of ketones is 1. The van der Waals surface area contributed by atoms with E-state index in [4.69, 9.17) is 10.5 Å². The summed E-state index contributed by atoms with van der Waals surface area (Å²) in [5.74, 6) is -0.915. The number of rotatable bonds is 2. The van der Waals surface area contributed by atoms with E-state index < -0.39 is 11.4 Å². The van der Waals surface area contributed by atoms with E-state index in [1.54, 1.807) is 6.07 Å². The molecule has 0 spiro atoms. The molecule has 1 aliphatic heterocycles. The van der Waals surface area contributed by atoms with Crippen LogP contribution in [0, 0.1) is 11.7 Å². The summed E-state index contributed by atoms with van der Waals surface area (Å²) in [6.45, 7) is 7.73. The van der Waals surface area contributed by atoms with Crippen molar-refractivity contribution in [3.05, 3.63) is 29.6 Å². The van der Waals surface area contributed by atoms with Gasteiger partial charge in [-0.05, 0) is 52.3 Å². The molecule has 1 aliphatic rings. The zero-order valence-corrected chi connectivity index (χ0v) is 11.8. The lowest BCUT2D eigenvalue weighted by Crippen LogP contribution is -2.33. The van der Waals surface area contributed by atoms with Crippen molar-refractivity contribution in [2.75, 3.05) is 5.73 Å². The number of benzene rings is 1. The fourth-order valence-electron chi connectivity index (χ4n) is 2.85. The average Bonchev–Trinajstić information content (AvgIpc) is 2.49. The van der Waals surface area contributed by atoms with E-state index in [1.165, 1.54) is 12.1 Å². The van der Waals surface area contributed by atoms with Gasteiger partial charge in [-0.3, -0.25) is 4.79 Å². The molecule has 0 amide bonds. The van der Waals surface area contributed by atoms with Crippen LogP contribution in [0.15, 0.2) is 18.2 Å². The lowest BCUT2D eigenvalue weighted by atomic mass is 9.81. The van der Waals surface area contributed by atoms with E-state index in [0.29, 0.717) is 12.0 Å². The molecule has 1 atom stereocenters. The Balaban J connectivity index is 2.31. The Bertz CT molecular complexity index is 523. The molecule has 3 nitrogen and oxygen atoms in total. The Hall–Kier alpha value is -1.42. The van der Waals surface area contributed by atoms with Crippen molar-refractivity contribution in [2.24, 2.45) is 5.92 Å². The first kappa shape index (κ1) is 14.0. The molecule has 0 aliphatic carbocycles. The summed E-state index contributed by atoms with van der Waals surface area (Å²) in [7, 11) is 0. The minimum absolute atomic E-state index is 0.0545. The van der Waals surface area contributed by atoms with Gasteiger partial charge in [0.25, 0.3) is 0 Å². The third kappa shape index (κ3) is 2.63. The topological polar surface area (TPSA) is 52.3 Å². The summed E-state index contributed by atoms with van der Waals surface area (Å²) in [6, 6.07) is 4.21. The first-order valence-electron chi connectivity index (χ1n) is 6.42. The smallest absolute Gasteiger partial charge is 0.169 e. The molecular weight excluding hydrogens is 245 g/mol. The third-order valence-electron chi connectivity index (χ3n) is 3.68. The highest BCUT2D eigenvalue weighted by atomic mass is 19.1. The Morgan fingerprint density at radius 3 is 2.47 bits per heavy atom. The van der Waals surface area contributed by atoms with Crippen LogP contribution in [0.1, 0.15) is 44.5 Å². The Labute approximate surface area is 112 Å². The van der Waals surface area contributed by atoms with E-state index in [1.807, 2.05) is 27.7 Å². The monoisotopic (exact) mass is 265 g/mol. The second kappa shape index (κ2) is 4.30. The highest BCUT2D eigenvalue weighted by molar-refractivity contribution is 5.99. The van der Waals surface area contributed by atoms with E-state index in [0.717, 1.165) is 0 Å². The Morgan fingerprint density at radius 2 is 2.00 bits per heavy atom. The molecule has 2 rings (SSSR count). The van der Waals surface area contributed by atoms with Crippen LogP contribution in [0.3, 0.4) is 0 Å². The molecule has 2 N–H and O–H groups in total. The lowest BCUT2D eigenvalue weighted by Gasteiger charge is -2.26. The number of nitrogens with two attached hydrogens (primary N) is 1. The molecule has 0 aromatic heterocycles. The quantitative estimate of drug-likeness (QED) is 0.660. The minimum Gasteiger partial charge on any atom is -0.396 e. The van der Waals surface area contributed by atoms with Crippen LogP contribution >= 0.6 is 0 Å². The number of ether oxygens (including phenoxy) is 1. The second-order valence-corrected chi connectivity index (χ2v) is 6.32. The third-order valence-corrected chi connectivity index (χ3v) is 3.68. The largest absolute Gasteiger partial charge is 0.396 e. The summed E-state index contributed by atoms with van der Waals surface area (Å²) in [6.07, 6.45) is 0.630. The van der Waals surface area contributed by atoms with Crippen LogP contribution in [0.2, 0.25) is 0 Å². The van der Waals surface area contributed by atoms with Crippen LogP contribution in [0.4, 0.5) is 10.1 Å². The fraction of sp³-hybridized carbons (Fsp3) is 0.533. The van der Waals surface area contributed by atoms with Gasteiger partial charge in [0.2, 0.25) is 0 Å². The normalized spacial score (nSPS) is 24.4. The first-order chi connectivity index (χ1) is 8.62. The van der Waals surface area contributed by atoms with Crippen molar-refractivity contribution in [3.8, 4) is 0 Å². The van der Waals surface area contributed by atoms with Crippen molar-refractivity contribution in [1.29, 1.82) is 0 Å². The summed E-state index contributed by atoms with van der Waals surface area (Å²) >= 11 is 0. The highest BCUT2D eigenvalue weighted by Crippen LogP contribution is 2.43. The van der Waals surface area contributed by atoms with Crippen molar-refractivity contribution in [1.82, 2.24) is 0 Å². The number of carbonyl (C=O) groups excluding carboxylic acids is 1. The summed E-state index contributed by atoms with van der Waals surface area (Å²) in [5.41, 5.74) is 4.95. The number of carbonyl (C=O) groups is 1. The standard InChI is InChI=1S/C15H20FNO2/c1-14(2)8-10(15(3,4)19-14)13(18)9-5-6-12(17)11(16)7-9/h5-7,10H,8,17H2,1-4H3. The second-order valence-electron chi connectivity index (χ2n) is 6.32. The van der Waals surface area contributed by atoms with Gasteiger partial charge in [-0.1, -0.05) is 0 Å². The first-order valence-corrected chi connectivity index (χ1v) is 6.42. The molecule has 0 bridgehead atoms. The van der Waals surface area contributed by atoms with Crippen molar-refractivity contribution < 1.29 is 13.9 Å². The Kier molecular flexibility index (Phi) is 3.17. The maximum atomic E-state index is 13.5. The van der Waals surface area contributed by atoms with Crippen LogP contribution in [-0.4, -0.2) is 17.0 Å². The summed E-state index contributed by atoms with van der Waals surface area (Å²) in [5, 5.41) is 0.